The molecular formula is C13H17ClN2S. The molecule has 0 spiro atoms. The molecular weight excluding hydrogens is 252 g/mol. The first-order valence-corrected chi connectivity index (χ1v) is 7.12. The number of halogens is 1. The lowest BCUT2D eigenvalue weighted by molar-refractivity contribution is 0.494. The summed E-state index contributed by atoms with van der Waals surface area (Å²) in [6.45, 7) is 6.65. The number of aromatic nitrogens is 1. The first-order valence-electron chi connectivity index (χ1n) is 5.93. The predicted octanol–water partition coefficient (Wildman–Crippen LogP) is 4.80. The normalized spacial score (nSPS) is 14.8. The molecule has 2 unspecified atom stereocenters. The Kier molecular flexibility index (Phi) is 3.89. The molecule has 1 aromatic heterocycles. The Hall–Kier alpha value is -0.800. The monoisotopic (exact) mass is 268 g/mol. The number of hydrogen-bond acceptors (Lipinski definition) is 3. The summed E-state index contributed by atoms with van der Waals surface area (Å²) in [5.41, 5.74) is 0.973. The van der Waals surface area contributed by atoms with Crippen LogP contribution in [0.25, 0.3) is 10.2 Å². The maximum atomic E-state index is 6.14. The molecule has 0 amide bonds. The van der Waals surface area contributed by atoms with Crippen molar-refractivity contribution in [3.8, 4) is 0 Å². The van der Waals surface area contributed by atoms with Gasteiger partial charge in [-0.2, -0.15) is 0 Å². The zero-order chi connectivity index (χ0) is 12.4. The molecule has 1 N–H and O–H groups in total. The van der Waals surface area contributed by atoms with Gasteiger partial charge in [-0.3, -0.25) is 0 Å². The standard InChI is InChI=1S/C13H17ClN2S/c1-4-8(2)9(3)15-13-16-11-7-5-6-10(14)12(11)17-13/h5-9H,4H2,1-3H3,(H,15,16). The van der Waals surface area contributed by atoms with Crippen LogP contribution in [0.5, 0.6) is 0 Å². The molecule has 0 aliphatic heterocycles. The van der Waals surface area contributed by atoms with Crippen LogP contribution in [0.4, 0.5) is 5.13 Å². The van der Waals surface area contributed by atoms with Gasteiger partial charge < -0.3 is 5.32 Å². The van der Waals surface area contributed by atoms with Crippen molar-refractivity contribution in [2.24, 2.45) is 5.92 Å². The fourth-order valence-corrected chi connectivity index (χ4v) is 2.92. The smallest absolute Gasteiger partial charge is 0.184 e. The van der Waals surface area contributed by atoms with Crippen molar-refractivity contribution >= 4 is 38.3 Å². The molecule has 1 heterocycles. The number of rotatable bonds is 4. The molecule has 0 fully saturated rings. The minimum Gasteiger partial charge on any atom is -0.359 e. The van der Waals surface area contributed by atoms with Crippen LogP contribution >= 0.6 is 22.9 Å². The van der Waals surface area contributed by atoms with Crippen LogP contribution in [0, 0.1) is 5.92 Å². The SMILES string of the molecule is CCC(C)C(C)Nc1nc2cccc(Cl)c2s1. The lowest BCUT2D eigenvalue weighted by Gasteiger charge is -2.18. The Morgan fingerprint density at radius 1 is 1.41 bits per heavy atom. The van der Waals surface area contributed by atoms with Crippen molar-refractivity contribution in [1.29, 1.82) is 0 Å². The van der Waals surface area contributed by atoms with E-state index in [1.165, 1.54) is 6.42 Å². The molecule has 0 radical (unpaired) electrons. The van der Waals surface area contributed by atoms with Crippen LogP contribution in [-0.2, 0) is 0 Å². The average molecular weight is 269 g/mol. The van der Waals surface area contributed by atoms with Crippen molar-refractivity contribution in [3.63, 3.8) is 0 Å². The maximum Gasteiger partial charge on any atom is 0.184 e. The van der Waals surface area contributed by atoms with Crippen LogP contribution in [0.3, 0.4) is 0 Å². The van der Waals surface area contributed by atoms with Crippen LogP contribution in [0.2, 0.25) is 5.02 Å². The van der Waals surface area contributed by atoms with Gasteiger partial charge in [-0.15, -0.1) is 0 Å². The third kappa shape index (κ3) is 2.72. The Labute approximate surface area is 111 Å². The second-order valence-corrected chi connectivity index (χ2v) is 5.83. The quantitative estimate of drug-likeness (QED) is 0.862. The van der Waals surface area contributed by atoms with Gasteiger partial charge in [0.1, 0.15) is 0 Å². The van der Waals surface area contributed by atoms with Gasteiger partial charge >= 0.3 is 0 Å². The Bertz CT molecular complexity index is 509. The molecule has 4 heteroatoms. The molecule has 2 aromatic rings. The molecule has 2 nitrogen and oxygen atoms in total. The molecule has 2 atom stereocenters. The Morgan fingerprint density at radius 3 is 2.82 bits per heavy atom. The summed E-state index contributed by atoms with van der Waals surface area (Å²) in [7, 11) is 0. The zero-order valence-corrected chi connectivity index (χ0v) is 11.9. The van der Waals surface area contributed by atoms with Crippen molar-refractivity contribution in [1.82, 2.24) is 4.98 Å². The minimum absolute atomic E-state index is 0.430. The summed E-state index contributed by atoms with van der Waals surface area (Å²) in [6.07, 6.45) is 1.17. The highest BCUT2D eigenvalue weighted by Gasteiger charge is 2.13. The topological polar surface area (TPSA) is 24.9 Å². The fraction of sp³-hybridized carbons (Fsp3) is 0.462. The minimum atomic E-state index is 0.430. The predicted molar refractivity (Wildman–Crippen MR) is 77.2 cm³/mol. The summed E-state index contributed by atoms with van der Waals surface area (Å²) in [4.78, 5) is 4.55. The molecule has 92 valence electrons. The number of nitrogens with one attached hydrogen (secondary N) is 1. The third-order valence-corrected chi connectivity index (χ3v) is 4.68. The molecule has 0 bridgehead atoms. The first-order chi connectivity index (χ1) is 8.11. The van der Waals surface area contributed by atoms with E-state index < -0.39 is 0 Å². The van der Waals surface area contributed by atoms with E-state index in [0.29, 0.717) is 12.0 Å². The lowest BCUT2D eigenvalue weighted by atomic mass is 10.0. The van der Waals surface area contributed by atoms with Gasteiger partial charge in [0.25, 0.3) is 0 Å². The van der Waals surface area contributed by atoms with Crippen LogP contribution in [-0.4, -0.2) is 11.0 Å². The first kappa shape index (κ1) is 12.7. The van der Waals surface area contributed by atoms with E-state index in [-0.39, 0.29) is 0 Å². The fourth-order valence-electron chi connectivity index (χ4n) is 1.67. The number of fused-ring (bicyclic) bond motifs is 1. The number of thiazole rings is 1. The van der Waals surface area contributed by atoms with Gasteiger partial charge in [-0.05, 0) is 25.0 Å². The highest BCUT2D eigenvalue weighted by molar-refractivity contribution is 7.22. The van der Waals surface area contributed by atoms with Crippen molar-refractivity contribution in [2.45, 2.75) is 33.2 Å². The average Bonchev–Trinajstić information content (AvgIpc) is 2.72. The highest BCUT2D eigenvalue weighted by atomic mass is 35.5. The lowest BCUT2D eigenvalue weighted by Crippen LogP contribution is -2.22. The number of anilines is 1. The van der Waals surface area contributed by atoms with E-state index in [9.17, 15) is 0 Å². The molecule has 1 aromatic carbocycles. The van der Waals surface area contributed by atoms with E-state index in [0.717, 1.165) is 20.4 Å². The van der Waals surface area contributed by atoms with Gasteiger partial charge in [-0.1, -0.05) is 49.3 Å². The molecule has 2 rings (SSSR count). The zero-order valence-electron chi connectivity index (χ0n) is 10.3. The third-order valence-electron chi connectivity index (χ3n) is 3.22. The molecule has 0 aliphatic rings. The van der Waals surface area contributed by atoms with E-state index in [1.807, 2.05) is 18.2 Å². The summed E-state index contributed by atoms with van der Waals surface area (Å²) in [5.74, 6) is 0.637. The summed E-state index contributed by atoms with van der Waals surface area (Å²) in [6, 6.07) is 6.27. The van der Waals surface area contributed by atoms with E-state index in [4.69, 9.17) is 11.6 Å². The second-order valence-electron chi connectivity index (χ2n) is 4.43. The summed E-state index contributed by atoms with van der Waals surface area (Å²) >= 11 is 7.77. The second kappa shape index (κ2) is 5.23. The number of hydrogen-bond donors (Lipinski definition) is 1. The van der Waals surface area contributed by atoms with Gasteiger partial charge in [0.05, 0.1) is 15.2 Å². The van der Waals surface area contributed by atoms with Gasteiger partial charge in [0.2, 0.25) is 0 Å². The van der Waals surface area contributed by atoms with Crippen LogP contribution < -0.4 is 5.32 Å². The van der Waals surface area contributed by atoms with E-state index >= 15 is 0 Å². The van der Waals surface area contributed by atoms with Crippen molar-refractivity contribution in [3.05, 3.63) is 23.2 Å². The van der Waals surface area contributed by atoms with E-state index in [1.54, 1.807) is 11.3 Å². The van der Waals surface area contributed by atoms with Gasteiger partial charge in [-0.25, -0.2) is 4.98 Å². The van der Waals surface area contributed by atoms with Crippen LogP contribution in [0.1, 0.15) is 27.2 Å². The summed E-state index contributed by atoms with van der Waals surface area (Å²) in [5, 5.41) is 5.20. The van der Waals surface area contributed by atoms with Crippen molar-refractivity contribution < 1.29 is 0 Å². The Balaban J connectivity index is 2.23. The van der Waals surface area contributed by atoms with Crippen LogP contribution in [0.15, 0.2) is 18.2 Å². The largest absolute Gasteiger partial charge is 0.359 e. The molecule has 0 aliphatic carbocycles. The van der Waals surface area contributed by atoms with Gasteiger partial charge in [0.15, 0.2) is 5.13 Å². The Morgan fingerprint density at radius 2 is 2.18 bits per heavy atom. The van der Waals surface area contributed by atoms with E-state index in [2.05, 4.69) is 31.1 Å². The number of nitrogens with zero attached hydrogens (tertiary/aromatic N) is 1. The molecule has 0 saturated carbocycles. The van der Waals surface area contributed by atoms with Crippen molar-refractivity contribution in [2.75, 3.05) is 5.32 Å². The summed E-state index contributed by atoms with van der Waals surface area (Å²) < 4.78 is 1.06. The highest BCUT2D eigenvalue weighted by Crippen LogP contribution is 2.32. The molecule has 17 heavy (non-hydrogen) atoms. The maximum absolute atomic E-state index is 6.14. The number of benzene rings is 1. The van der Waals surface area contributed by atoms with Gasteiger partial charge in [0, 0.05) is 6.04 Å². The molecule has 0 saturated heterocycles.